The number of para-hydroxylation sites is 1. The Bertz CT molecular complexity index is 611. The summed E-state index contributed by atoms with van der Waals surface area (Å²) in [6.45, 7) is 2.00. The van der Waals surface area contributed by atoms with E-state index in [2.05, 4.69) is 4.99 Å². The Balaban J connectivity index is 2.56. The molecule has 18 heavy (non-hydrogen) atoms. The highest BCUT2D eigenvalue weighted by atomic mass is 32.1. The van der Waals surface area contributed by atoms with Crippen LogP contribution in [-0.2, 0) is 0 Å². The highest BCUT2D eigenvalue weighted by Gasteiger charge is 2.06. The first-order chi connectivity index (χ1) is 8.59. The molecule has 0 aliphatic rings. The standard InChI is InChI=1S/C13H15N3OS/c1-10-9-18-13(14-12(17)15(2)3)16(10)11-7-5-4-6-8-11/h4-9H,1-3H3/b14-13-. The third kappa shape index (κ3) is 2.51. The van der Waals surface area contributed by atoms with Crippen LogP contribution >= 0.6 is 11.3 Å². The molecule has 1 aromatic carbocycles. The maximum absolute atomic E-state index is 11.7. The Morgan fingerprint density at radius 3 is 2.56 bits per heavy atom. The molecule has 0 bridgehead atoms. The van der Waals surface area contributed by atoms with Crippen LogP contribution in [0, 0.1) is 6.92 Å². The first-order valence-corrected chi connectivity index (χ1v) is 6.46. The van der Waals surface area contributed by atoms with Gasteiger partial charge in [-0.1, -0.05) is 18.2 Å². The van der Waals surface area contributed by atoms with Gasteiger partial charge in [-0.05, 0) is 19.1 Å². The van der Waals surface area contributed by atoms with E-state index in [0.717, 1.165) is 11.4 Å². The molecular formula is C13H15N3OS. The van der Waals surface area contributed by atoms with Crippen LogP contribution in [0.1, 0.15) is 5.69 Å². The van der Waals surface area contributed by atoms with E-state index < -0.39 is 0 Å². The molecule has 0 radical (unpaired) electrons. The van der Waals surface area contributed by atoms with Gasteiger partial charge in [-0.3, -0.25) is 4.57 Å². The monoisotopic (exact) mass is 261 g/mol. The van der Waals surface area contributed by atoms with Crippen molar-refractivity contribution in [3.05, 3.63) is 46.2 Å². The number of hydrogen-bond acceptors (Lipinski definition) is 2. The zero-order valence-electron chi connectivity index (χ0n) is 10.6. The van der Waals surface area contributed by atoms with E-state index in [1.165, 1.54) is 16.2 Å². The van der Waals surface area contributed by atoms with Crippen LogP contribution in [0.25, 0.3) is 5.69 Å². The summed E-state index contributed by atoms with van der Waals surface area (Å²) in [6, 6.07) is 9.65. The number of urea groups is 1. The largest absolute Gasteiger partial charge is 0.345 e. The molecule has 94 valence electrons. The number of thiazole rings is 1. The molecule has 2 aromatic rings. The van der Waals surface area contributed by atoms with Crippen molar-refractivity contribution in [2.24, 2.45) is 4.99 Å². The summed E-state index contributed by atoms with van der Waals surface area (Å²) in [5, 5.41) is 1.99. The lowest BCUT2D eigenvalue weighted by molar-refractivity contribution is 0.226. The van der Waals surface area contributed by atoms with Crippen molar-refractivity contribution < 1.29 is 4.79 Å². The number of aryl methyl sites for hydroxylation is 1. The van der Waals surface area contributed by atoms with E-state index in [1.54, 1.807) is 14.1 Å². The zero-order chi connectivity index (χ0) is 13.1. The molecule has 0 saturated heterocycles. The Morgan fingerprint density at radius 1 is 1.28 bits per heavy atom. The van der Waals surface area contributed by atoms with Crippen LogP contribution in [0.15, 0.2) is 40.7 Å². The van der Waals surface area contributed by atoms with Crippen molar-refractivity contribution in [2.45, 2.75) is 6.92 Å². The molecule has 0 aliphatic heterocycles. The molecule has 0 aliphatic carbocycles. The highest BCUT2D eigenvalue weighted by molar-refractivity contribution is 7.07. The lowest BCUT2D eigenvalue weighted by atomic mass is 10.3. The molecule has 0 spiro atoms. The van der Waals surface area contributed by atoms with Crippen LogP contribution in [0.2, 0.25) is 0 Å². The number of benzene rings is 1. The first kappa shape index (κ1) is 12.6. The molecule has 2 amide bonds. The third-order valence-corrected chi connectivity index (χ3v) is 3.41. The quantitative estimate of drug-likeness (QED) is 0.777. The van der Waals surface area contributed by atoms with E-state index in [4.69, 9.17) is 0 Å². The van der Waals surface area contributed by atoms with Gasteiger partial charge in [0.25, 0.3) is 0 Å². The minimum Gasteiger partial charge on any atom is -0.329 e. The fraction of sp³-hybridized carbons (Fsp3) is 0.231. The molecular weight excluding hydrogens is 246 g/mol. The van der Waals surface area contributed by atoms with Gasteiger partial charge in [0, 0.05) is 30.9 Å². The molecule has 0 N–H and O–H groups in total. The Hall–Kier alpha value is -1.88. The van der Waals surface area contributed by atoms with E-state index in [-0.39, 0.29) is 6.03 Å². The van der Waals surface area contributed by atoms with Gasteiger partial charge < -0.3 is 4.90 Å². The second-order valence-corrected chi connectivity index (χ2v) is 4.96. The molecule has 0 atom stereocenters. The summed E-state index contributed by atoms with van der Waals surface area (Å²) < 4.78 is 1.98. The molecule has 5 heteroatoms. The van der Waals surface area contributed by atoms with Gasteiger partial charge in [-0.15, -0.1) is 11.3 Å². The molecule has 4 nitrogen and oxygen atoms in total. The minimum atomic E-state index is -0.249. The summed E-state index contributed by atoms with van der Waals surface area (Å²) in [4.78, 5) is 17.9. The molecule has 0 saturated carbocycles. The number of nitrogens with zero attached hydrogens (tertiary/aromatic N) is 3. The second kappa shape index (κ2) is 5.18. The van der Waals surface area contributed by atoms with Gasteiger partial charge in [0.05, 0.1) is 0 Å². The normalized spacial score (nSPS) is 11.6. The fourth-order valence-electron chi connectivity index (χ4n) is 1.54. The number of carbonyl (C=O) groups is 1. The minimum absolute atomic E-state index is 0.249. The molecule has 0 fully saturated rings. The smallest absolute Gasteiger partial charge is 0.329 e. The summed E-state index contributed by atoms with van der Waals surface area (Å²) in [5.74, 6) is 0. The fourth-order valence-corrected chi connectivity index (χ4v) is 2.41. The number of aromatic nitrogens is 1. The summed E-state index contributed by atoms with van der Waals surface area (Å²) in [5.41, 5.74) is 2.08. The lowest BCUT2D eigenvalue weighted by Crippen LogP contribution is -2.23. The predicted molar refractivity (Wildman–Crippen MR) is 73.0 cm³/mol. The second-order valence-electron chi connectivity index (χ2n) is 4.12. The van der Waals surface area contributed by atoms with Gasteiger partial charge in [0.1, 0.15) is 0 Å². The van der Waals surface area contributed by atoms with Crippen molar-refractivity contribution in [3.63, 3.8) is 0 Å². The summed E-state index contributed by atoms with van der Waals surface area (Å²) in [7, 11) is 3.39. The third-order valence-electron chi connectivity index (χ3n) is 2.47. The van der Waals surface area contributed by atoms with Crippen LogP contribution in [-0.4, -0.2) is 29.6 Å². The number of carbonyl (C=O) groups excluding carboxylic acids is 1. The lowest BCUT2D eigenvalue weighted by Gasteiger charge is -2.07. The Morgan fingerprint density at radius 2 is 1.94 bits per heavy atom. The van der Waals surface area contributed by atoms with Crippen LogP contribution in [0.5, 0.6) is 0 Å². The van der Waals surface area contributed by atoms with Crippen molar-refractivity contribution in [1.82, 2.24) is 9.47 Å². The molecule has 0 unspecified atom stereocenters. The molecule has 1 aromatic heterocycles. The van der Waals surface area contributed by atoms with Gasteiger partial charge in [0.15, 0.2) is 4.80 Å². The van der Waals surface area contributed by atoms with Crippen molar-refractivity contribution in [2.75, 3.05) is 14.1 Å². The van der Waals surface area contributed by atoms with Crippen LogP contribution in [0.4, 0.5) is 4.79 Å². The Kier molecular flexibility index (Phi) is 3.62. The number of rotatable bonds is 1. The summed E-state index contributed by atoms with van der Waals surface area (Å²) in [6.07, 6.45) is 0. The maximum Gasteiger partial charge on any atom is 0.345 e. The number of amides is 2. The van der Waals surface area contributed by atoms with Crippen LogP contribution in [0.3, 0.4) is 0 Å². The van der Waals surface area contributed by atoms with Gasteiger partial charge in [-0.2, -0.15) is 4.99 Å². The highest BCUT2D eigenvalue weighted by Crippen LogP contribution is 2.10. The van der Waals surface area contributed by atoms with E-state index in [9.17, 15) is 4.79 Å². The number of hydrogen-bond donors (Lipinski definition) is 0. The predicted octanol–water partition coefficient (Wildman–Crippen LogP) is 2.43. The average Bonchev–Trinajstić information content (AvgIpc) is 2.71. The van der Waals surface area contributed by atoms with E-state index in [0.29, 0.717) is 4.80 Å². The average molecular weight is 261 g/mol. The first-order valence-electron chi connectivity index (χ1n) is 5.58. The topological polar surface area (TPSA) is 37.6 Å². The Labute approximate surface area is 110 Å². The summed E-state index contributed by atoms with van der Waals surface area (Å²) >= 11 is 1.47. The zero-order valence-corrected chi connectivity index (χ0v) is 11.4. The van der Waals surface area contributed by atoms with E-state index in [1.807, 2.05) is 47.2 Å². The van der Waals surface area contributed by atoms with Gasteiger partial charge in [-0.25, -0.2) is 4.79 Å². The van der Waals surface area contributed by atoms with E-state index >= 15 is 0 Å². The van der Waals surface area contributed by atoms with Crippen molar-refractivity contribution in [3.8, 4) is 5.69 Å². The maximum atomic E-state index is 11.7. The SMILES string of the molecule is Cc1cs/c(=N\C(=O)N(C)C)n1-c1ccccc1. The van der Waals surface area contributed by atoms with Crippen molar-refractivity contribution >= 4 is 17.4 Å². The van der Waals surface area contributed by atoms with Crippen LogP contribution < -0.4 is 4.80 Å². The molecule has 1 heterocycles. The van der Waals surface area contributed by atoms with Crippen molar-refractivity contribution in [1.29, 1.82) is 0 Å². The van der Waals surface area contributed by atoms with Gasteiger partial charge in [0.2, 0.25) is 0 Å². The molecule has 2 rings (SSSR count). The van der Waals surface area contributed by atoms with Gasteiger partial charge >= 0.3 is 6.03 Å².